The van der Waals surface area contributed by atoms with E-state index in [1.165, 1.54) is 18.4 Å². The van der Waals surface area contributed by atoms with Crippen LogP contribution >= 0.6 is 0 Å². The molecule has 1 atom stereocenters. The van der Waals surface area contributed by atoms with Crippen LogP contribution in [0.25, 0.3) is 0 Å². The minimum absolute atomic E-state index is 0.246. The van der Waals surface area contributed by atoms with Crippen molar-refractivity contribution in [1.82, 2.24) is 4.90 Å². The number of nitrogens with two attached hydrogens (primary N) is 1. The highest BCUT2D eigenvalue weighted by Gasteiger charge is 2.09. The van der Waals surface area contributed by atoms with Crippen molar-refractivity contribution in [1.29, 1.82) is 0 Å². The SMILES string of the molecule is CCCN(CCC)C[C@@H](N)Cc1ccccc1. The molecule has 1 aromatic rings. The van der Waals surface area contributed by atoms with E-state index in [-0.39, 0.29) is 6.04 Å². The van der Waals surface area contributed by atoms with Crippen LogP contribution in [-0.2, 0) is 6.42 Å². The van der Waals surface area contributed by atoms with E-state index in [4.69, 9.17) is 5.73 Å². The fourth-order valence-electron chi connectivity index (χ4n) is 2.24. The molecule has 0 aromatic heterocycles. The predicted molar refractivity (Wildman–Crippen MR) is 75.1 cm³/mol. The van der Waals surface area contributed by atoms with Crippen molar-refractivity contribution in [3.63, 3.8) is 0 Å². The molecule has 96 valence electrons. The number of hydrogen-bond donors (Lipinski definition) is 1. The molecule has 2 N–H and O–H groups in total. The Balaban J connectivity index is 2.38. The molecule has 0 saturated carbocycles. The van der Waals surface area contributed by atoms with Gasteiger partial charge in [-0.1, -0.05) is 44.2 Å². The summed E-state index contributed by atoms with van der Waals surface area (Å²) in [5, 5.41) is 0. The second-order valence-electron chi connectivity index (χ2n) is 4.75. The van der Waals surface area contributed by atoms with Crippen LogP contribution in [0.3, 0.4) is 0 Å². The normalized spacial score (nSPS) is 12.9. The maximum absolute atomic E-state index is 6.23. The van der Waals surface area contributed by atoms with Crippen LogP contribution in [0.2, 0.25) is 0 Å². The lowest BCUT2D eigenvalue weighted by molar-refractivity contribution is 0.257. The predicted octanol–water partition coefficient (Wildman–Crippen LogP) is 2.68. The molecular formula is C15H26N2. The largest absolute Gasteiger partial charge is 0.326 e. The minimum atomic E-state index is 0.246. The average Bonchev–Trinajstić information content (AvgIpc) is 2.30. The summed E-state index contributed by atoms with van der Waals surface area (Å²) in [6.45, 7) is 7.79. The fraction of sp³-hybridized carbons (Fsp3) is 0.600. The number of hydrogen-bond acceptors (Lipinski definition) is 2. The summed E-state index contributed by atoms with van der Waals surface area (Å²) < 4.78 is 0. The van der Waals surface area contributed by atoms with E-state index < -0.39 is 0 Å². The smallest absolute Gasteiger partial charge is 0.0208 e. The molecule has 1 aromatic carbocycles. The Hall–Kier alpha value is -0.860. The van der Waals surface area contributed by atoms with Crippen molar-refractivity contribution in [2.75, 3.05) is 19.6 Å². The van der Waals surface area contributed by atoms with E-state index in [0.29, 0.717) is 0 Å². The van der Waals surface area contributed by atoms with Crippen molar-refractivity contribution in [3.05, 3.63) is 35.9 Å². The Kier molecular flexibility index (Phi) is 6.90. The van der Waals surface area contributed by atoms with Crippen LogP contribution in [-0.4, -0.2) is 30.6 Å². The topological polar surface area (TPSA) is 29.3 Å². The molecule has 0 bridgehead atoms. The number of nitrogens with zero attached hydrogens (tertiary/aromatic N) is 1. The summed E-state index contributed by atoms with van der Waals surface area (Å²) in [7, 11) is 0. The summed E-state index contributed by atoms with van der Waals surface area (Å²) in [6, 6.07) is 10.8. The Labute approximate surface area is 106 Å². The van der Waals surface area contributed by atoms with Gasteiger partial charge in [-0.15, -0.1) is 0 Å². The van der Waals surface area contributed by atoms with E-state index in [1.54, 1.807) is 0 Å². The average molecular weight is 234 g/mol. The maximum atomic E-state index is 6.23. The molecular weight excluding hydrogens is 208 g/mol. The van der Waals surface area contributed by atoms with Gasteiger partial charge in [-0.2, -0.15) is 0 Å². The molecule has 1 rings (SSSR count). The summed E-state index contributed by atoms with van der Waals surface area (Å²) in [5.41, 5.74) is 7.57. The van der Waals surface area contributed by atoms with Gasteiger partial charge in [0, 0.05) is 12.6 Å². The fourth-order valence-corrected chi connectivity index (χ4v) is 2.24. The quantitative estimate of drug-likeness (QED) is 0.749. The van der Waals surface area contributed by atoms with Crippen LogP contribution in [0.4, 0.5) is 0 Å². The highest BCUT2D eigenvalue weighted by Crippen LogP contribution is 2.04. The highest BCUT2D eigenvalue weighted by molar-refractivity contribution is 5.15. The van der Waals surface area contributed by atoms with Gasteiger partial charge in [-0.25, -0.2) is 0 Å². The Morgan fingerprint density at radius 3 is 2.18 bits per heavy atom. The van der Waals surface area contributed by atoms with Crippen LogP contribution in [0.1, 0.15) is 32.3 Å². The lowest BCUT2D eigenvalue weighted by Crippen LogP contribution is -2.39. The van der Waals surface area contributed by atoms with Gasteiger partial charge in [0.15, 0.2) is 0 Å². The van der Waals surface area contributed by atoms with Gasteiger partial charge >= 0.3 is 0 Å². The monoisotopic (exact) mass is 234 g/mol. The molecule has 0 aliphatic rings. The Morgan fingerprint density at radius 1 is 1.06 bits per heavy atom. The molecule has 2 heteroatoms. The summed E-state index contributed by atoms with van der Waals surface area (Å²) in [4.78, 5) is 2.48. The molecule has 17 heavy (non-hydrogen) atoms. The maximum Gasteiger partial charge on any atom is 0.0208 e. The highest BCUT2D eigenvalue weighted by atomic mass is 15.1. The van der Waals surface area contributed by atoms with Gasteiger partial charge in [0.05, 0.1) is 0 Å². The first kappa shape index (κ1) is 14.2. The van der Waals surface area contributed by atoms with Crippen molar-refractivity contribution < 1.29 is 0 Å². The lowest BCUT2D eigenvalue weighted by atomic mass is 10.1. The standard InChI is InChI=1S/C15H26N2/c1-3-10-17(11-4-2)13-15(16)12-14-8-6-5-7-9-14/h5-9,15H,3-4,10-13,16H2,1-2H3/t15-/m0/s1. The van der Waals surface area contributed by atoms with Gasteiger partial charge in [0.2, 0.25) is 0 Å². The van der Waals surface area contributed by atoms with Crippen LogP contribution < -0.4 is 5.73 Å². The third-order valence-electron chi connectivity index (χ3n) is 2.91. The summed E-state index contributed by atoms with van der Waals surface area (Å²) in [5.74, 6) is 0. The van der Waals surface area contributed by atoms with Gasteiger partial charge in [0.1, 0.15) is 0 Å². The van der Waals surface area contributed by atoms with Gasteiger partial charge in [0.25, 0.3) is 0 Å². The van der Waals surface area contributed by atoms with Crippen molar-refractivity contribution >= 4 is 0 Å². The van der Waals surface area contributed by atoms with E-state index in [0.717, 1.165) is 26.1 Å². The second-order valence-corrected chi connectivity index (χ2v) is 4.75. The molecule has 0 saturated heterocycles. The Morgan fingerprint density at radius 2 is 1.65 bits per heavy atom. The first-order chi connectivity index (χ1) is 8.26. The first-order valence-electron chi connectivity index (χ1n) is 6.78. The molecule has 2 nitrogen and oxygen atoms in total. The Bertz CT molecular complexity index is 278. The molecule has 0 aliphatic heterocycles. The van der Waals surface area contributed by atoms with Crippen LogP contribution in [0.5, 0.6) is 0 Å². The van der Waals surface area contributed by atoms with E-state index in [1.807, 2.05) is 0 Å². The summed E-state index contributed by atoms with van der Waals surface area (Å²) >= 11 is 0. The zero-order valence-corrected chi connectivity index (χ0v) is 11.2. The molecule has 0 heterocycles. The third-order valence-corrected chi connectivity index (χ3v) is 2.91. The first-order valence-corrected chi connectivity index (χ1v) is 6.78. The van der Waals surface area contributed by atoms with Crippen LogP contribution in [0.15, 0.2) is 30.3 Å². The van der Waals surface area contributed by atoms with Crippen LogP contribution in [0, 0.1) is 0 Å². The van der Waals surface area contributed by atoms with Crippen molar-refractivity contribution in [3.8, 4) is 0 Å². The van der Waals surface area contributed by atoms with E-state index in [2.05, 4.69) is 49.1 Å². The van der Waals surface area contributed by atoms with Crippen molar-refractivity contribution in [2.45, 2.75) is 39.2 Å². The van der Waals surface area contributed by atoms with Gasteiger partial charge < -0.3 is 10.6 Å². The molecule has 0 aliphatic carbocycles. The third kappa shape index (κ3) is 5.85. The number of rotatable bonds is 8. The molecule has 0 fully saturated rings. The lowest BCUT2D eigenvalue weighted by Gasteiger charge is -2.24. The molecule has 0 amide bonds. The molecule has 0 radical (unpaired) electrons. The van der Waals surface area contributed by atoms with E-state index in [9.17, 15) is 0 Å². The van der Waals surface area contributed by atoms with E-state index >= 15 is 0 Å². The zero-order chi connectivity index (χ0) is 12.5. The summed E-state index contributed by atoms with van der Waals surface area (Å²) in [6.07, 6.45) is 3.39. The minimum Gasteiger partial charge on any atom is -0.326 e. The zero-order valence-electron chi connectivity index (χ0n) is 11.2. The molecule has 0 unspecified atom stereocenters. The van der Waals surface area contributed by atoms with Gasteiger partial charge in [-0.05, 0) is 37.9 Å². The second kappa shape index (κ2) is 8.26. The van der Waals surface area contributed by atoms with Crippen molar-refractivity contribution in [2.24, 2.45) is 5.73 Å². The number of benzene rings is 1. The molecule has 0 spiro atoms. The van der Waals surface area contributed by atoms with Gasteiger partial charge in [-0.3, -0.25) is 0 Å².